The number of primary amides is 1. The maximum Gasteiger partial charge on any atom is 0.240 e. The Labute approximate surface area is 151 Å². The molecule has 1 saturated heterocycles. The van der Waals surface area contributed by atoms with Crippen molar-refractivity contribution in [3.63, 3.8) is 0 Å². The van der Waals surface area contributed by atoms with Crippen molar-refractivity contribution < 1.29 is 4.79 Å². The molecule has 1 aliphatic heterocycles. The number of aromatic amines is 1. The summed E-state index contributed by atoms with van der Waals surface area (Å²) in [7, 11) is 0. The minimum Gasteiger partial charge on any atom is -0.368 e. The van der Waals surface area contributed by atoms with Crippen molar-refractivity contribution in [1.82, 2.24) is 20.2 Å². The van der Waals surface area contributed by atoms with Crippen LogP contribution in [0.1, 0.15) is 55.0 Å². The van der Waals surface area contributed by atoms with Crippen molar-refractivity contribution in [3.8, 4) is 0 Å². The number of hydrogen-bond acceptors (Lipinski definition) is 6. The van der Waals surface area contributed by atoms with E-state index in [0.29, 0.717) is 11.9 Å². The quantitative estimate of drug-likeness (QED) is 0.755. The number of H-pyrrole nitrogens is 1. The average molecular weight is 353 g/mol. The maximum absolute atomic E-state index is 11.8. The first kappa shape index (κ1) is 15.6. The van der Waals surface area contributed by atoms with E-state index >= 15 is 0 Å². The van der Waals surface area contributed by atoms with Crippen LogP contribution in [-0.2, 0) is 17.6 Å². The van der Waals surface area contributed by atoms with Gasteiger partial charge in [0, 0.05) is 29.8 Å². The zero-order valence-corrected chi connectivity index (χ0v) is 14.7. The van der Waals surface area contributed by atoms with Crippen LogP contribution < -0.4 is 16.0 Å². The lowest BCUT2D eigenvalue weighted by Gasteiger charge is -2.23. The number of hydrogen-bond donors (Lipinski definition) is 3. The van der Waals surface area contributed by atoms with Crippen molar-refractivity contribution in [3.05, 3.63) is 23.0 Å². The van der Waals surface area contributed by atoms with Gasteiger partial charge >= 0.3 is 0 Å². The summed E-state index contributed by atoms with van der Waals surface area (Å²) in [5.74, 6) is 2.53. The fraction of sp³-hybridized carbons (Fsp3) is 0.556. The molecule has 4 N–H and O–H groups in total. The summed E-state index contributed by atoms with van der Waals surface area (Å²) >= 11 is 0. The van der Waals surface area contributed by atoms with Crippen molar-refractivity contribution in [2.45, 2.75) is 56.9 Å². The fourth-order valence-corrected chi connectivity index (χ4v) is 4.08. The molecular formula is C18H23N7O. The number of amides is 1. The van der Waals surface area contributed by atoms with Gasteiger partial charge in [-0.25, -0.2) is 4.98 Å². The van der Waals surface area contributed by atoms with E-state index in [1.54, 1.807) is 0 Å². The number of carbonyl (C=O) groups is 1. The Morgan fingerprint density at radius 1 is 1.23 bits per heavy atom. The highest BCUT2D eigenvalue weighted by Crippen LogP contribution is 2.40. The molecule has 2 aliphatic carbocycles. The minimum absolute atomic E-state index is 0.303. The van der Waals surface area contributed by atoms with Crippen LogP contribution in [0.3, 0.4) is 0 Å². The van der Waals surface area contributed by atoms with Gasteiger partial charge in [0.25, 0.3) is 0 Å². The predicted molar refractivity (Wildman–Crippen MR) is 97.5 cm³/mol. The summed E-state index contributed by atoms with van der Waals surface area (Å²) in [5.41, 5.74) is 9.00. The van der Waals surface area contributed by atoms with E-state index in [1.165, 1.54) is 24.1 Å². The number of aryl methyl sites for hydroxylation is 1. The summed E-state index contributed by atoms with van der Waals surface area (Å²) in [6.07, 6.45) is 7.16. The Morgan fingerprint density at radius 2 is 2.12 bits per heavy atom. The van der Waals surface area contributed by atoms with Gasteiger partial charge in [-0.2, -0.15) is 10.1 Å². The van der Waals surface area contributed by atoms with Gasteiger partial charge in [-0.05, 0) is 44.9 Å². The highest BCUT2D eigenvalue weighted by molar-refractivity contribution is 5.83. The standard InChI is InChI=1S/C18H23N7O/c19-16(26)14-5-2-8-25(14)18-20-12-4-1-3-11(12)17(22-18)21-15-9-13(23-24-15)10-6-7-10/h9-10,14H,1-8H2,(H2,19,26)(H2,20,21,22,23,24)/t14-/m0/s1. The van der Waals surface area contributed by atoms with Crippen molar-refractivity contribution >= 4 is 23.5 Å². The number of fused-ring (bicyclic) bond motifs is 1. The number of nitrogens with zero attached hydrogens (tertiary/aromatic N) is 4. The molecule has 8 heteroatoms. The van der Waals surface area contributed by atoms with Gasteiger partial charge < -0.3 is 16.0 Å². The molecule has 0 bridgehead atoms. The first-order valence-corrected chi connectivity index (χ1v) is 9.47. The summed E-state index contributed by atoms with van der Waals surface area (Å²) in [5, 5.41) is 10.9. The van der Waals surface area contributed by atoms with E-state index in [2.05, 4.69) is 21.6 Å². The first-order valence-electron chi connectivity index (χ1n) is 9.47. The van der Waals surface area contributed by atoms with E-state index in [9.17, 15) is 4.79 Å². The molecule has 0 unspecified atom stereocenters. The van der Waals surface area contributed by atoms with E-state index in [-0.39, 0.29) is 11.9 Å². The lowest BCUT2D eigenvalue weighted by Crippen LogP contribution is -2.41. The molecular weight excluding hydrogens is 330 g/mol. The Hall–Kier alpha value is -2.64. The number of anilines is 3. The molecule has 2 aromatic heterocycles. The molecule has 1 amide bonds. The van der Waals surface area contributed by atoms with Crippen LogP contribution in [0.25, 0.3) is 0 Å². The Kier molecular flexibility index (Phi) is 3.58. The van der Waals surface area contributed by atoms with E-state index in [4.69, 9.17) is 15.7 Å². The monoisotopic (exact) mass is 353 g/mol. The van der Waals surface area contributed by atoms with Crippen LogP contribution in [0, 0.1) is 0 Å². The minimum atomic E-state index is -0.311. The van der Waals surface area contributed by atoms with E-state index in [0.717, 1.165) is 56.0 Å². The van der Waals surface area contributed by atoms with Gasteiger partial charge in [-0.1, -0.05) is 0 Å². The highest BCUT2D eigenvalue weighted by Gasteiger charge is 2.33. The Balaban J connectivity index is 1.48. The molecule has 1 atom stereocenters. The van der Waals surface area contributed by atoms with Crippen molar-refractivity contribution in [2.24, 2.45) is 5.73 Å². The van der Waals surface area contributed by atoms with E-state index < -0.39 is 0 Å². The number of rotatable bonds is 5. The molecule has 0 aromatic carbocycles. The van der Waals surface area contributed by atoms with Crippen LogP contribution in [-0.4, -0.2) is 38.7 Å². The van der Waals surface area contributed by atoms with Gasteiger partial charge in [-0.3, -0.25) is 9.89 Å². The predicted octanol–water partition coefficient (Wildman–Crippen LogP) is 1.76. The fourth-order valence-electron chi connectivity index (χ4n) is 4.08. The molecule has 2 aromatic rings. The second-order valence-corrected chi connectivity index (χ2v) is 7.51. The van der Waals surface area contributed by atoms with E-state index in [1.807, 2.05) is 4.90 Å². The molecule has 0 spiro atoms. The normalized spacial score (nSPS) is 21.8. The van der Waals surface area contributed by atoms with Crippen molar-refractivity contribution in [1.29, 1.82) is 0 Å². The second kappa shape index (κ2) is 5.96. The number of aromatic nitrogens is 4. The van der Waals surface area contributed by atoms with Gasteiger partial charge in [0.15, 0.2) is 5.82 Å². The molecule has 0 radical (unpaired) electrons. The van der Waals surface area contributed by atoms with Gasteiger partial charge in [0.2, 0.25) is 11.9 Å². The highest BCUT2D eigenvalue weighted by atomic mass is 16.1. The lowest BCUT2D eigenvalue weighted by atomic mass is 10.2. The lowest BCUT2D eigenvalue weighted by molar-refractivity contribution is -0.119. The number of carbonyl (C=O) groups excluding carboxylic acids is 1. The number of nitrogens with two attached hydrogens (primary N) is 1. The topological polar surface area (TPSA) is 113 Å². The first-order chi connectivity index (χ1) is 12.7. The summed E-state index contributed by atoms with van der Waals surface area (Å²) < 4.78 is 0. The van der Waals surface area contributed by atoms with Gasteiger partial charge in [0.05, 0.1) is 5.69 Å². The Morgan fingerprint density at radius 3 is 2.92 bits per heavy atom. The Bertz CT molecular complexity index is 857. The summed E-state index contributed by atoms with van der Waals surface area (Å²) in [6, 6.07) is 1.76. The van der Waals surface area contributed by atoms with Crippen molar-refractivity contribution in [2.75, 3.05) is 16.8 Å². The largest absolute Gasteiger partial charge is 0.368 e. The van der Waals surface area contributed by atoms with Crippen LogP contribution >= 0.6 is 0 Å². The molecule has 26 heavy (non-hydrogen) atoms. The molecule has 136 valence electrons. The summed E-state index contributed by atoms with van der Waals surface area (Å²) in [6.45, 7) is 0.764. The van der Waals surface area contributed by atoms with Crippen LogP contribution in [0.4, 0.5) is 17.6 Å². The second-order valence-electron chi connectivity index (χ2n) is 7.51. The number of nitrogens with one attached hydrogen (secondary N) is 2. The smallest absolute Gasteiger partial charge is 0.240 e. The average Bonchev–Trinajstić information content (AvgIpc) is 3.06. The zero-order valence-electron chi connectivity index (χ0n) is 14.7. The molecule has 3 heterocycles. The third-order valence-electron chi connectivity index (χ3n) is 5.62. The zero-order chi connectivity index (χ0) is 17.7. The molecule has 3 aliphatic rings. The molecule has 8 nitrogen and oxygen atoms in total. The molecule has 1 saturated carbocycles. The third-order valence-corrected chi connectivity index (χ3v) is 5.62. The SMILES string of the molecule is NC(=O)[C@@H]1CCCN1c1nc2c(c(Nc3cc(C4CC4)[nH]n3)n1)CCC2. The summed E-state index contributed by atoms with van der Waals surface area (Å²) in [4.78, 5) is 23.2. The molecule has 5 rings (SSSR count). The van der Waals surface area contributed by atoms with Gasteiger partial charge in [0.1, 0.15) is 11.9 Å². The van der Waals surface area contributed by atoms with Crippen LogP contribution in [0.2, 0.25) is 0 Å². The van der Waals surface area contributed by atoms with Crippen LogP contribution in [0.5, 0.6) is 0 Å². The van der Waals surface area contributed by atoms with Gasteiger partial charge in [-0.15, -0.1) is 0 Å². The maximum atomic E-state index is 11.8. The third kappa shape index (κ3) is 2.69. The van der Waals surface area contributed by atoms with Crippen LogP contribution in [0.15, 0.2) is 6.07 Å². The molecule has 2 fully saturated rings.